The molecule has 0 N–H and O–H groups in total. The molecule has 4 nitrogen and oxygen atoms in total. The van der Waals surface area contributed by atoms with Gasteiger partial charge in [0, 0.05) is 5.02 Å². The average molecular weight is 425 g/mol. The van der Waals surface area contributed by atoms with Gasteiger partial charge in [-0.1, -0.05) is 94.9 Å². The van der Waals surface area contributed by atoms with Crippen molar-refractivity contribution in [1.29, 1.82) is 0 Å². The summed E-state index contributed by atoms with van der Waals surface area (Å²) in [6.45, 7) is 2.87. The Morgan fingerprint density at radius 2 is 1.21 bits per heavy atom. The van der Waals surface area contributed by atoms with Crippen molar-refractivity contribution in [1.82, 2.24) is 0 Å². The topological polar surface area (TPSA) is 52.6 Å². The molecule has 0 bridgehead atoms. The Morgan fingerprint density at radius 3 is 1.76 bits per heavy atom. The van der Waals surface area contributed by atoms with E-state index in [0.29, 0.717) is 11.6 Å². The number of benzene rings is 1. The summed E-state index contributed by atoms with van der Waals surface area (Å²) in [4.78, 5) is 23.4. The van der Waals surface area contributed by atoms with Gasteiger partial charge in [-0.25, -0.2) is 0 Å². The molecule has 0 heterocycles. The van der Waals surface area contributed by atoms with Crippen molar-refractivity contribution < 1.29 is 19.1 Å². The van der Waals surface area contributed by atoms with E-state index in [1.807, 2.05) is 0 Å². The highest BCUT2D eigenvalue weighted by Crippen LogP contribution is 2.12. The highest BCUT2D eigenvalue weighted by Gasteiger charge is 2.09. The van der Waals surface area contributed by atoms with Gasteiger partial charge in [-0.05, 0) is 24.1 Å². The van der Waals surface area contributed by atoms with Gasteiger partial charge in [0.15, 0.2) is 0 Å². The highest BCUT2D eigenvalue weighted by atomic mass is 35.5. The molecule has 0 aliphatic rings. The fourth-order valence-electron chi connectivity index (χ4n) is 3.05. The molecule has 0 aromatic heterocycles. The first-order valence-corrected chi connectivity index (χ1v) is 11.5. The first-order valence-electron chi connectivity index (χ1n) is 11.2. The van der Waals surface area contributed by atoms with E-state index in [1.165, 1.54) is 57.8 Å². The lowest BCUT2D eigenvalue weighted by atomic mass is 10.1. The Morgan fingerprint density at radius 1 is 0.724 bits per heavy atom. The maximum atomic E-state index is 11.7. The summed E-state index contributed by atoms with van der Waals surface area (Å²) < 4.78 is 10.3. The number of esters is 2. The van der Waals surface area contributed by atoms with Crippen LogP contribution in [-0.4, -0.2) is 18.5 Å². The first-order chi connectivity index (χ1) is 14.1. The molecule has 1 rings (SSSR count). The van der Waals surface area contributed by atoms with Gasteiger partial charge in [-0.3, -0.25) is 9.59 Å². The van der Waals surface area contributed by atoms with E-state index in [4.69, 9.17) is 21.1 Å². The molecule has 0 saturated carbocycles. The lowest BCUT2D eigenvalue weighted by molar-refractivity contribution is -0.151. The standard InChI is InChI=1S/C24H37ClO4/c1-2-3-4-5-6-7-8-9-10-11-12-19-28-23(26)17-18-24(27)29-20-21-13-15-22(25)16-14-21/h13-16H,2-12,17-20H2,1H3. The molecule has 0 fully saturated rings. The summed E-state index contributed by atoms with van der Waals surface area (Å²) in [5.41, 5.74) is 0.863. The van der Waals surface area contributed by atoms with Crippen LogP contribution in [0.3, 0.4) is 0 Å². The van der Waals surface area contributed by atoms with Crippen LogP contribution in [0.1, 0.15) is 96.0 Å². The van der Waals surface area contributed by atoms with E-state index < -0.39 is 5.97 Å². The van der Waals surface area contributed by atoms with Gasteiger partial charge in [0.05, 0.1) is 19.4 Å². The number of halogens is 1. The Kier molecular flexibility index (Phi) is 15.2. The number of rotatable bonds is 17. The molecule has 0 atom stereocenters. The Hall–Kier alpha value is -1.55. The van der Waals surface area contributed by atoms with Crippen LogP contribution in [0.4, 0.5) is 0 Å². The molecule has 1 aromatic carbocycles. The van der Waals surface area contributed by atoms with Gasteiger partial charge in [-0.2, -0.15) is 0 Å². The number of carbonyl (C=O) groups excluding carboxylic acids is 2. The van der Waals surface area contributed by atoms with Crippen LogP contribution in [0.15, 0.2) is 24.3 Å². The Balaban J connectivity index is 1.89. The summed E-state index contributed by atoms with van der Waals surface area (Å²) in [5, 5.41) is 0.639. The van der Waals surface area contributed by atoms with E-state index in [2.05, 4.69) is 6.92 Å². The Labute approximate surface area is 181 Å². The molecule has 1 aromatic rings. The average Bonchev–Trinajstić information content (AvgIpc) is 2.72. The zero-order valence-electron chi connectivity index (χ0n) is 17.9. The summed E-state index contributed by atoms with van der Waals surface area (Å²) in [5.74, 6) is -0.730. The lowest BCUT2D eigenvalue weighted by Gasteiger charge is -2.06. The van der Waals surface area contributed by atoms with Crippen LogP contribution in [0, 0.1) is 0 Å². The predicted molar refractivity (Wildman–Crippen MR) is 118 cm³/mol. The van der Waals surface area contributed by atoms with E-state index in [1.54, 1.807) is 24.3 Å². The Bertz CT molecular complexity index is 557. The third-order valence-electron chi connectivity index (χ3n) is 4.86. The number of carbonyl (C=O) groups is 2. The maximum Gasteiger partial charge on any atom is 0.306 e. The van der Waals surface area contributed by atoms with Crippen molar-refractivity contribution in [3.63, 3.8) is 0 Å². The van der Waals surface area contributed by atoms with Gasteiger partial charge in [0.25, 0.3) is 0 Å². The van der Waals surface area contributed by atoms with Gasteiger partial charge < -0.3 is 9.47 Å². The SMILES string of the molecule is CCCCCCCCCCCCCOC(=O)CCC(=O)OCc1ccc(Cl)cc1. The minimum atomic E-state index is -0.397. The van der Waals surface area contributed by atoms with Crippen LogP contribution < -0.4 is 0 Å². The lowest BCUT2D eigenvalue weighted by Crippen LogP contribution is -2.11. The third-order valence-corrected chi connectivity index (χ3v) is 5.11. The second-order valence-electron chi connectivity index (χ2n) is 7.54. The molecule has 0 unspecified atom stereocenters. The highest BCUT2D eigenvalue weighted by molar-refractivity contribution is 6.30. The molecule has 0 aliphatic heterocycles. The van der Waals surface area contributed by atoms with Crippen molar-refractivity contribution in [2.24, 2.45) is 0 Å². The molecule has 0 radical (unpaired) electrons. The van der Waals surface area contributed by atoms with Crippen LogP contribution in [-0.2, 0) is 25.7 Å². The van der Waals surface area contributed by atoms with Crippen molar-refractivity contribution in [2.45, 2.75) is 97.0 Å². The molecule has 29 heavy (non-hydrogen) atoms. The molecule has 0 amide bonds. The van der Waals surface area contributed by atoms with Crippen LogP contribution in [0.5, 0.6) is 0 Å². The van der Waals surface area contributed by atoms with E-state index in [-0.39, 0.29) is 25.4 Å². The van der Waals surface area contributed by atoms with E-state index in [0.717, 1.165) is 18.4 Å². The molecule has 0 saturated heterocycles. The molecule has 164 valence electrons. The molecule has 0 aliphatic carbocycles. The summed E-state index contributed by atoms with van der Waals surface area (Å²) in [6, 6.07) is 7.10. The van der Waals surface area contributed by atoms with Crippen LogP contribution in [0.25, 0.3) is 0 Å². The number of unbranched alkanes of at least 4 members (excludes halogenated alkanes) is 10. The van der Waals surface area contributed by atoms with Crippen molar-refractivity contribution >= 4 is 23.5 Å². The third kappa shape index (κ3) is 15.0. The van der Waals surface area contributed by atoms with E-state index >= 15 is 0 Å². The van der Waals surface area contributed by atoms with Gasteiger partial charge in [0.2, 0.25) is 0 Å². The zero-order valence-corrected chi connectivity index (χ0v) is 18.7. The minimum absolute atomic E-state index is 0.0463. The number of ether oxygens (including phenoxy) is 2. The second kappa shape index (κ2) is 17.3. The van der Waals surface area contributed by atoms with Crippen molar-refractivity contribution in [3.8, 4) is 0 Å². The fourth-order valence-corrected chi connectivity index (χ4v) is 3.17. The monoisotopic (exact) mass is 424 g/mol. The normalized spacial score (nSPS) is 10.7. The minimum Gasteiger partial charge on any atom is -0.466 e. The number of hydrogen-bond acceptors (Lipinski definition) is 4. The fraction of sp³-hybridized carbons (Fsp3) is 0.667. The summed E-state index contributed by atoms with van der Waals surface area (Å²) in [6.07, 6.45) is 14.0. The predicted octanol–water partition coefficient (Wildman–Crippen LogP) is 7.02. The smallest absolute Gasteiger partial charge is 0.306 e. The molecular weight excluding hydrogens is 388 g/mol. The second-order valence-corrected chi connectivity index (χ2v) is 7.98. The van der Waals surface area contributed by atoms with E-state index in [9.17, 15) is 9.59 Å². The first kappa shape index (κ1) is 25.5. The van der Waals surface area contributed by atoms with Gasteiger partial charge >= 0.3 is 11.9 Å². The molecular formula is C24H37ClO4. The summed E-state index contributed by atoms with van der Waals surface area (Å²) >= 11 is 5.81. The van der Waals surface area contributed by atoms with Crippen molar-refractivity contribution in [3.05, 3.63) is 34.9 Å². The largest absolute Gasteiger partial charge is 0.466 e. The maximum absolute atomic E-state index is 11.7. The molecule has 5 heteroatoms. The van der Waals surface area contributed by atoms with Gasteiger partial charge in [-0.15, -0.1) is 0 Å². The summed E-state index contributed by atoms with van der Waals surface area (Å²) in [7, 11) is 0. The van der Waals surface area contributed by atoms with Gasteiger partial charge in [0.1, 0.15) is 6.61 Å². The molecule has 0 spiro atoms. The van der Waals surface area contributed by atoms with Crippen LogP contribution in [0.2, 0.25) is 5.02 Å². The quantitative estimate of drug-likeness (QED) is 0.199. The van der Waals surface area contributed by atoms with Crippen LogP contribution >= 0.6 is 11.6 Å². The van der Waals surface area contributed by atoms with Crippen molar-refractivity contribution in [2.75, 3.05) is 6.61 Å². The zero-order chi connectivity index (χ0) is 21.2. The number of hydrogen-bond donors (Lipinski definition) is 0.